The van der Waals surface area contributed by atoms with E-state index in [1.807, 2.05) is 0 Å². The normalized spacial score (nSPS) is 26.6. The number of benzene rings is 1. The summed E-state index contributed by atoms with van der Waals surface area (Å²) < 4.78 is 26.5. The fourth-order valence-corrected chi connectivity index (χ4v) is 5.93. The molecule has 0 nitrogen and oxygen atoms in total. The maximum Gasteiger partial charge on any atom is 0.159 e. The van der Waals surface area contributed by atoms with Crippen molar-refractivity contribution in [3.8, 4) is 0 Å². The van der Waals surface area contributed by atoms with Crippen LogP contribution in [0.3, 0.4) is 0 Å². The molecule has 2 aliphatic carbocycles. The number of hydrogen-bond acceptors (Lipinski definition) is 0. The fourth-order valence-electron chi connectivity index (χ4n) is 5.93. The lowest BCUT2D eigenvalue weighted by molar-refractivity contribution is 0.282. The predicted molar refractivity (Wildman–Crippen MR) is 133 cm³/mol. The third-order valence-electron chi connectivity index (χ3n) is 8.23. The van der Waals surface area contributed by atoms with Crippen LogP contribution >= 0.6 is 0 Å². The average Bonchev–Trinajstić information content (AvgIpc) is 2.82. The second-order valence-corrected chi connectivity index (χ2v) is 10.8. The Balaban J connectivity index is 1.25. The predicted octanol–water partition coefficient (Wildman–Crippen LogP) is 9.82. The van der Waals surface area contributed by atoms with Crippen molar-refractivity contribution in [2.24, 2.45) is 23.7 Å². The molecule has 2 fully saturated rings. The number of unbranched alkanes of at least 4 members (excludes halogenated alkanes) is 5. The molecule has 3 rings (SSSR count). The lowest BCUT2D eigenvalue weighted by Gasteiger charge is -2.29. The first kappa shape index (κ1) is 25.4. The Morgan fingerprint density at radius 3 is 1.84 bits per heavy atom. The topological polar surface area (TPSA) is 0 Å². The number of hydrogen-bond donors (Lipinski definition) is 0. The van der Waals surface area contributed by atoms with Gasteiger partial charge >= 0.3 is 0 Å². The van der Waals surface area contributed by atoms with E-state index in [1.165, 1.54) is 108 Å². The van der Waals surface area contributed by atoms with Crippen molar-refractivity contribution in [1.29, 1.82) is 0 Å². The number of rotatable bonds is 12. The van der Waals surface area contributed by atoms with Gasteiger partial charge in [0, 0.05) is 0 Å². The van der Waals surface area contributed by atoms with Gasteiger partial charge in [0.15, 0.2) is 11.6 Å². The molecule has 0 heterocycles. The maximum absolute atomic E-state index is 13.4. The van der Waals surface area contributed by atoms with E-state index in [-0.39, 0.29) is 0 Å². The van der Waals surface area contributed by atoms with Crippen LogP contribution in [0.1, 0.15) is 115 Å². The van der Waals surface area contributed by atoms with Gasteiger partial charge in [-0.15, -0.1) is 0 Å². The summed E-state index contributed by atoms with van der Waals surface area (Å²) in [5.41, 5.74) is 0.929. The van der Waals surface area contributed by atoms with E-state index >= 15 is 0 Å². The Hall–Kier alpha value is -1.18. The molecule has 0 N–H and O–H groups in total. The van der Waals surface area contributed by atoms with E-state index in [0.29, 0.717) is 0 Å². The molecule has 0 atom stereocenters. The summed E-state index contributed by atoms with van der Waals surface area (Å²) in [6, 6.07) is 4.36. The number of allylic oxidation sites excluding steroid dienone is 2. The van der Waals surface area contributed by atoms with E-state index in [9.17, 15) is 8.78 Å². The van der Waals surface area contributed by atoms with Crippen LogP contribution in [-0.2, 0) is 6.42 Å². The number of aryl methyl sites for hydroxylation is 1. The molecule has 0 aliphatic heterocycles. The van der Waals surface area contributed by atoms with E-state index < -0.39 is 11.6 Å². The molecule has 0 saturated heterocycles. The molecule has 0 amide bonds. The quantitative estimate of drug-likeness (QED) is 0.222. The highest BCUT2D eigenvalue weighted by Crippen LogP contribution is 2.35. The summed E-state index contributed by atoms with van der Waals surface area (Å²) in [5.74, 6) is 1.86. The molecule has 0 bridgehead atoms. The summed E-state index contributed by atoms with van der Waals surface area (Å²) in [6.45, 7) is 2.29. The van der Waals surface area contributed by atoms with Gasteiger partial charge in [0.05, 0.1) is 0 Å². The zero-order valence-electron chi connectivity index (χ0n) is 20.5. The third-order valence-corrected chi connectivity index (χ3v) is 8.23. The van der Waals surface area contributed by atoms with Gasteiger partial charge < -0.3 is 0 Å². The van der Waals surface area contributed by atoms with Crippen molar-refractivity contribution in [3.05, 3.63) is 47.5 Å². The van der Waals surface area contributed by atoms with Gasteiger partial charge in [0.1, 0.15) is 0 Å². The van der Waals surface area contributed by atoms with Crippen LogP contribution in [-0.4, -0.2) is 0 Å². The molecule has 0 aromatic heterocycles. The first-order valence-corrected chi connectivity index (χ1v) is 13.8. The fraction of sp³-hybridized carbons (Fsp3) is 0.733. The summed E-state index contributed by atoms with van der Waals surface area (Å²) in [6.07, 6.45) is 27.9. The standard InChI is InChI=1S/C30H46F2/c1-2-3-4-5-6-7-8-24-9-11-25(12-10-24)13-14-26-15-17-27(18-16-26)19-20-28-21-22-29(31)30(32)23-28/h13-14,21-27H,2-12,15-20H2,1H3/b14-13+. The molecular weight excluding hydrogens is 398 g/mol. The van der Waals surface area contributed by atoms with E-state index in [2.05, 4.69) is 19.1 Å². The summed E-state index contributed by atoms with van der Waals surface area (Å²) in [7, 11) is 0. The number of halogens is 2. The van der Waals surface area contributed by atoms with Crippen LogP contribution in [0.2, 0.25) is 0 Å². The molecule has 0 unspecified atom stereocenters. The molecule has 1 aromatic carbocycles. The second kappa shape index (κ2) is 14.2. The van der Waals surface area contributed by atoms with E-state index in [4.69, 9.17) is 0 Å². The zero-order valence-corrected chi connectivity index (χ0v) is 20.5. The first-order valence-electron chi connectivity index (χ1n) is 13.8. The highest BCUT2D eigenvalue weighted by Gasteiger charge is 2.22. The van der Waals surface area contributed by atoms with Crippen LogP contribution in [0.4, 0.5) is 8.78 Å². The molecule has 180 valence electrons. The second-order valence-electron chi connectivity index (χ2n) is 10.8. The van der Waals surface area contributed by atoms with Crippen LogP contribution in [0.15, 0.2) is 30.4 Å². The van der Waals surface area contributed by atoms with Gasteiger partial charge in [0.25, 0.3) is 0 Å². The van der Waals surface area contributed by atoms with Crippen LogP contribution < -0.4 is 0 Å². The van der Waals surface area contributed by atoms with Gasteiger partial charge in [-0.25, -0.2) is 8.78 Å². The maximum atomic E-state index is 13.4. The van der Waals surface area contributed by atoms with E-state index in [0.717, 1.165) is 42.1 Å². The van der Waals surface area contributed by atoms with E-state index in [1.54, 1.807) is 6.07 Å². The smallest absolute Gasteiger partial charge is 0.159 e. The van der Waals surface area contributed by atoms with Gasteiger partial charge in [-0.05, 0) is 106 Å². The minimum Gasteiger partial charge on any atom is -0.204 e. The molecule has 32 heavy (non-hydrogen) atoms. The lowest BCUT2D eigenvalue weighted by atomic mass is 9.77. The minimum atomic E-state index is -0.743. The largest absolute Gasteiger partial charge is 0.204 e. The highest BCUT2D eigenvalue weighted by atomic mass is 19.2. The van der Waals surface area contributed by atoms with Crippen molar-refractivity contribution in [3.63, 3.8) is 0 Å². The Bertz CT molecular complexity index is 663. The average molecular weight is 445 g/mol. The van der Waals surface area contributed by atoms with Crippen molar-refractivity contribution in [2.45, 2.75) is 116 Å². The Labute approximate surface area is 196 Å². The SMILES string of the molecule is CCCCCCCCC1CCC(/C=C/C2CCC(CCc3ccc(F)c(F)c3)CC2)CC1. The summed E-state index contributed by atoms with van der Waals surface area (Å²) >= 11 is 0. The van der Waals surface area contributed by atoms with Crippen molar-refractivity contribution < 1.29 is 8.78 Å². The van der Waals surface area contributed by atoms with Crippen molar-refractivity contribution in [2.75, 3.05) is 0 Å². The van der Waals surface area contributed by atoms with Gasteiger partial charge in [-0.2, -0.15) is 0 Å². The molecule has 0 spiro atoms. The molecule has 0 radical (unpaired) electrons. The monoisotopic (exact) mass is 444 g/mol. The summed E-state index contributed by atoms with van der Waals surface area (Å²) in [5, 5.41) is 0. The zero-order chi connectivity index (χ0) is 22.6. The lowest BCUT2D eigenvalue weighted by Crippen LogP contribution is -2.15. The van der Waals surface area contributed by atoms with Gasteiger partial charge in [-0.1, -0.05) is 70.1 Å². The molecule has 2 heteroatoms. The molecular formula is C30H46F2. The summed E-state index contributed by atoms with van der Waals surface area (Å²) in [4.78, 5) is 0. The minimum absolute atomic E-state index is 0.715. The molecule has 2 aliphatic rings. The van der Waals surface area contributed by atoms with Gasteiger partial charge in [-0.3, -0.25) is 0 Å². The highest BCUT2D eigenvalue weighted by molar-refractivity contribution is 5.17. The Morgan fingerprint density at radius 1 is 0.688 bits per heavy atom. The molecule has 1 aromatic rings. The Morgan fingerprint density at radius 2 is 1.25 bits per heavy atom. The first-order chi connectivity index (χ1) is 15.6. The van der Waals surface area contributed by atoms with Crippen molar-refractivity contribution >= 4 is 0 Å². The third kappa shape index (κ3) is 8.99. The van der Waals surface area contributed by atoms with Gasteiger partial charge in [0.2, 0.25) is 0 Å². The van der Waals surface area contributed by atoms with Crippen LogP contribution in [0, 0.1) is 35.3 Å². The Kier molecular flexibility index (Phi) is 11.3. The van der Waals surface area contributed by atoms with Crippen molar-refractivity contribution in [1.82, 2.24) is 0 Å². The van der Waals surface area contributed by atoms with Crippen LogP contribution in [0.5, 0.6) is 0 Å². The van der Waals surface area contributed by atoms with Crippen LogP contribution in [0.25, 0.3) is 0 Å². The molecule has 2 saturated carbocycles.